The summed E-state index contributed by atoms with van der Waals surface area (Å²) in [6.07, 6.45) is 2.78. The number of amides is 1. The summed E-state index contributed by atoms with van der Waals surface area (Å²) in [6, 6.07) is 13.9. The van der Waals surface area contributed by atoms with Crippen LogP contribution in [0.2, 0.25) is 0 Å². The van der Waals surface area contributed by atoms with Crippen LogP contribution in [0.15, 0.2) is 53.6 Å². The molecule has 0 atom stereocenters. The highest BCUT2D eigenvalue weighted by molar-refractivity contribution is 6.03. The van der Waals surface area contributed by atoms with Crippen molar-refractivity contribution >= 4 is 17.3 Å². The third-order valence-electron chi connectivity index (χ3n) is 3.92. The van der Waals surface area contributed by atoms with Gasteiger partial charge in [-0.1, -0.05) is 36.4 Å². The predicted molar refractivity (Wildman–Crippen MR) is 92.7 cm³/mol. The Morgan fingerprint density at radius 3 is 2.76 bits per heavy atom. The summed E-state index contributed by atoms with van der Waals surface area (Å²) in [7, 11) is 0. The van der Waals surface area contributed by atoms with Gasteiger partial charge in [-0.15, -0.1) is 0 Å². The Balaban J connectivity index is 1.62. The average Bonchev–Trinajstić information content (AvgIpc) is 2.64. The van der Waals surface area contributed by atoms with Gasteiger partial charge in [0.25, 0.3) is 5.91 Å². The van der Waals surface area contributed by atoms with Crippen molar-refractivity contribution in [3.05, 3.63) is 69.8 Å². The van der Waals surface area contributed by atoms with Gasteiger partial charge in [0.15, 0.2) is 12.4 Å². The first-order valence-electron chi connectivity index (χ1n) is 7.95. The number of carbonyl (C=O) groups is 1. The van der Waals surface area contributed by atoms with Crippen molar-refractivity contribution < 1.29 is 14.5 Å². The number of hydrogen-bond acceptors (Lipinski definition) is 5. The fraction of sp³-hybridized carbons (Fsp3) is 0.222. The van der Waals surface area contributed by atoms with Crippen molar-refractivity contribution in [2.45, 2.75) is 19.3 Å². The summed E-state index contributed by atoms with van der Waals surface area (Å²) < 4.78 is 5.25. The zero-order chi connectivity index (χ0) is 17.6. The summed E-state index contributed by atoms with van der Waals surface area (Å²) in [5.41, 5.74) is 5.39. The van der Waals surface area contributed by atoms with Gasteiger partial charge in [-0.3, -0.25) is 14.9 Å². The highest BCUT2D eigenvalue weighted by Gasteiger charge is 2.16. The number of hydrazone groups is 1. The van der Waals surface area contributed by atoms with E-state index in [4.69, 9.17) is 4.74 Å². The largest absolute Gasteiger partial charge is 0.477 e. The van der Waals surface area contributed by atoms with E-state index in [1.54, 1.807) is 6.07 Å². The highest BCUT2D eigenvalue weighted by atomic mass is 16.6. The topological polar surface area (TPSA) is 93.8 Å². The molecule has 0 bridgehead atoms. The van der Waals surface area contributed by atoms with Gasteiger partial charge in [0.05, 0.1) is 10.6 Å². The van der Waals surface area contributed by atoms with Crippen molar-refractivity contribution in [1.29, 1.82) is 0 Å². The van der Waals surface area contributed by atoms with Gasteiger partial charge in [-0.2, -0.15) is 5.10 Å². The number of carbonyl (C=O) groups excluding carboxylic acids is 1. The molecule has 0 saturated heterocycles. The van der Waals surface area contributed by atoms with Crippen LogP contribution in [0.3, 0.4) is 0 Å². The number of nitro groups is 1. The number of nitrogens with one attached hydrogen (secondary N) is 1. The third-order valence-corrected chi connectivity index (χ3v) is 3.92. The van der Waals surface area contributed by atoms with E-state index in [0.717, 1.165) is 30.5 Å². The maximum Gasteiger partial charge on any atom is 0.310 e. The first-order chi connectivity index (χ1) is 12.1. The quantitative estimate of drug-likeness (QED) is 0.669. The first kappa shape index (κ1) is 16.6. The number of rotatable bonds is 5. The summed E-state index contributed by atoms with van der Waals surface area (Å²) in [6.45, 7) is -0.344. The van der Waals surface area contributed by atoms with Crippen molar-refractivity contribution in [2.75, 3.05) is 6.61 Å². The summed E-state index contributed by atoms with van der Waals surface area (Å²) in [5, 5.41) is 15.1. The first-order valence-corrected chi connectivity index (χ1v) is 7.95. The molecule has 2 aromatic rings. The molecule has 1 aliphatic rings. The van der Waals surface area contributed by atoms with Crippen molar-refractivity contribution in [3.8, 4) is 5.75 Å². The van der Waals surface area contributed by atoms with Crippen LogP contribution in [0.25, 0.3) is 0 Å². The standard InChI is InChI=1S/C18H17N3O4/c22-18(12-25-17-11-4-3-10-16(17)21(23)24)20-19-15-9-5-7-13-6-1-2-8-14(13)15/h1-4,6,8,10-11H,5,7,9,12H2,(H,20,22)/b19-15+. The molecule has 3 rings (SSSR count). The maximum atomic E-state index is 11.9. The van der Waals surface area contributed by atoms with Crippen LogP contribution in [0.1, 0.15) is 24.0 Å². The molecule has 0 radical (unpaired) electrons. The molecule has 0 saturated carbocycles. The fourth-order valence-electron chi connectivity index (χ4n) is 2.75. The highest BCUT2D eigenvalue weighted by Crippen LogP contribution is 2.25. The molecule has 25 heavy (non-hydrogen) atoms. The van der Waals surface area contributed by atoms with Crippen LogP contribution in [0.5, 0.6) is 5.75 Å². The lowest BCUT2D eigenvalue weighted by Crippen LogP contribution is -2.27. The molecule has 0 unspecified atom stereocenters. The number of para-hydroxylation sites is 2. The predicted octanol–water partition coefficient (Wildman–Crippen LogP) is 2.83. The van der Waals surface area contributed by atoms with Crippen molar-refractivity contribution in [1.82, 2.24) is 5.43 Å². The number of ether oxygens (including phenoxy) is 1. The number of fused-ring (bicyclic) bond motifs is 1. The molecule has 1 aliphatic carbocycles. The van der Waals surface area contributed by atoms with Gasteiger partial charge in [0, 0.05) is 11.6 Å². The zero-order valence-corrected chi connectivity index (χ0v) is 13.5. The molecule has 0 spiro atoms. The van der Waals surface area contributed by atoms with Gasteiger partial charge in [0.1, 0.15) is 0 Å². The van der Waals surface area contributed by atoms with Crippen molar-refractivity contribution in [2.24, 2.45) is 5.10 Å². The number of nitrogens with zero attached hydrogens (tertiary/aromatic N) is 2. The summed E-state index contributed by atoms with van der Waals surface area (Å²) >= 11 is 0. The Morgan fingerprint density at radius 1 is 1.16 bits per heavy atom. The number of nitro benzene ring substituents is 1. The summed E-state index contributed by atoms with van der Waals surface area (Å²) in [4.78, 5) is 22.3. The second kappa shape index (κ2) is 7.57. The lowest BCUT2D eigenvalue weighted by molar-refractivity contribution is -0.385. The monoisotopic (exact) mass is 339 g/mol. The Bertz CT molecular complexity index is 833. The number of benzene rings is 2. The van der Waals surface area contributed by atoms with E-state index in [1.807, 2.05) is 18.2 Å². The molecule has 7 nitrogen and oxygen atoms in total. The molecular weight excluding hydrogens is 322 g/mol. The summed E-state index contributed by atoms with van der Waals surface area (Å²) in [5.74, 6) is -0.410. The zero-order valence-electron chi connectivity index (χ0n) is 13.5. The van der Waals surface area contributed by atoms with Crippen LogP contribution < -0.4 is 10.2 Å². The van der Waals surface area contributed by atoms with E-state index in [2.05, 4.69) is 16.6 Å². The number of hydrogen-bond donors (Lipinski definition) is 1. The van der Waals surface area contributed by atoms with Gasteiger partial charge >= 0.3 is 5.69 Å². The Kier molecular flexibility index (Phi) is 5.03. The van der Waals surface area contributed by atoms with Crippen LogP contribution in [-0.2, 0) is 11.2 Å². The molecule has 0 heterocycles. The molecule has 0 aromatic heterocycles. The minimum atomic E-state index is -0.549. The molecule has 128 valence electrons. The minimum Gasteiger partial charge on any atom is -0.477 e. The van der Waals surface area contributed by atoms with Gasteiger partial charge in [-0.05, 0) is 30.9 Å². The third kappa shape index (κ3) is 4.00. The number of aryl methyl sites for hydroxylation is 1. The van der Waals surface area contributed by atoms with Gasteiger partial charge in [-0.25, -0.2) is 5.43 Å². The second-order valence-electron chi connectivity index (χ2n) is 5.62. The van der Waals surface area contributed by atoms with E-state index in [-0.39, 0.29) is 18.0 Å². The molecule has 0 aliphatic heterocycles. The van der Waals surface area contributed by atoms with Gasteiger partial charge < -0.3 is 4.74 Å². The van der Waals surface area contributed by atoms with E-state index in [0.29, 0.717) is 0 Å². The molecule has 0 fully saturated rings. The molecular formula is C18H17N3O4. The maximum absolute atomic E-state index is 11.9. The van der Waals surface area contributed by atoms with Crippen LogP contribution in [0, 0.1) is 10.1 Å². The van der Waals surface area contributed by atoms with Crippen LogP contribution >= 0.6 is 0 Å². The Morgan fingerprint density at radius 2 is 1.92 bits per heavy atom. The van der Waals surface area contributed by atoms with E-state index >= 15 is 0 Å². The van der Waals surface area contributed by atoms with E-state index in [9.17, 15) is 14.9 Å². The minimum absolute atomic E-state index is 0.0540. The van der Waals surface area contributed by atoms with Crippen LogP contribution in [-0.4, -0.2) is 23.1 Å². The van der Waals surface area contributed by atoms with Crippen molar-refractivity contribution in [3.63, 3.8) is 0 Å². The smallest absolute Gasteiger partial charge is 0.310 e. The normalized spacial score (nSPS) is 14.6. The second-order valence-corrected chi connectivity index (χ2v) is 5.62. The molecule has 2 aromatic carbocycles. The Labute approximate surface area is 144 Å². The van der Waals surface area contributed by atoms with Gasteiger partial charge in [0.2, 0.25) is 0 Å². The molecule has 1 amide bonds. The Hall–Kier alpha value is -3.22. The van der Waals surface area contributed by atoms with E-state index < -0.39 is 10.8 Å². The average molecular weight is 339 g/mol. The fourth-order valence-corrected chi connectivity index (χ4v) is 2.75. The van der Waals surface area contributed by atoms with E-state index in [1.165, 1.54) is 23.8 Å². The molecule has 1 N–H and O–H groups in total. The van der Waals surface area contributed by atoms with Crippen LogP contribution in [0.4, 0.5) is 5.69 Å². The lowest BCUT2D eigenvalue weighted by atomic mass is 9.90. The molecule has 7 heteroatoms. The SMILES string of the molecule is O=C(COc1ccccc1[N+](=O)[O-])N/N=C1\CCCc2ccccc21. The lowest BCUT2D eigenvalue weighted by Gasteiger charge is -2.17.